The van der Waals surface area contributed by atoms with Crippen LogP contribution in [0.15, 0.2) is 18.2 Å². The van der Waals surface area contributed by atoms with Crippen LogP contribution in [0.3, 0.4) is 0 Å². The SMILES string of the molecule is CC(C)(C)OC(=O)N1C[Si](C)(C)CC1C(=O)NCc1cccc(Cl)c1F. The van der Waals surface area contributed by atoms with Crippen molar-refractivity contribution < 1.29 is 18.7 Å². The van der Waals surface area contributed by atoms with Crippen LogP contribution in [0.4, 0.5) is 9.18 Å². The lowest BCUT2D eigenvalue weighted by atomic mass is 10.2. The van der Waals surface area contributed by atoms with Gasteiger partial charge in [-0.15, -0.1) is 0 Å². The van der Waals surface area contributed by atoms with E-state index < -0.39 is 31.6 Å². The smallest absolute Gasteiger partial charge is 0.410 e. The van der Waals surface area contributed by atoms with Crippen LogP contribution < -0.4 is 5.32 Å². The molecule has 1 aromatic carbocycles. The third kappa shape index (κ3) is 5.20. The Kier molecular flexibility index (Phi) is 6.02. The van der Waals surface area contributed by atoms with Gasteiger partial charge in [-0.1, -0.05) is 36.8 Å². The van der Waals surface area contributed by atoms with E-state index in [-0.39, 0.29) is 17.5 Å². The van der Waals surface area contributed by atoms with Gasteiger partial charge < -0.3 is 10.1 Å². The number of hydrogen-bond acceptors (Lipinski definition) is 3. The second kappa shape index (κ2) is 7.56. The number of nitrogens with zero attached hydrogens (tertiary/aromatic N) is 1. The van der Waals surface area contributed by atoms with E-state index in [0.717, 1.165) is 0 Å². The van der Waals surface area contributed by atoms with Crippen molar-refractivity contribution in [1.82, 2.24) is 10.2 Å². The molecule has 5 nitrogen and oxygen atoms in total. The van der Waals surface area contributed by atoms with Crippen molar-refractivity contribution in [1.29, 1.82) is 0 Å². The third-order valence-electron chi connectivity index (χ3n) is 4.14. The number of carbonyl (C=O) groups is 2. The summed E-state index contributed by atoms with van der Waals surface area (Å²) in [7, 11) is -1.73. The second-order valence-corrected chi connectivity index (χ2v) is 13.9. The summed E-state index contributed by atoms with van der Waals surface area (Å²) in [6.07, 6.45) is 0.0792. The average molecular weight is 401 g/mol. The number of benzene rings is 1. The zero-order valence-electron chi connectivity index (χ0n) is 15.9. The maximum atomic E-state index is 14.0. The Balaban J connectivity index is 2.09. The number of nitrogens with one attached hydrogen (secondary N) is 1. The molecule has 1 aliphatic rings. The van der Waals surface area contributed by atoms with Gasteiger partial charge in [0, 0.05) is 18.3 Å². The lowest BCUT2D eigenvalue weighted by Crippen LogP contribution is -2.47. The predicted molar refractivity (Wildman–Crippen MR) is 102 cm³/mol. The van der Waals surface area contributed by atoms with E-state index >= 15 is 0 Å². The van der Waals surface area contributed by atoms with Crippen LogP contribution in [0.2, 0.25) is 24.2 Å². The van der Waals surface area contributed by atoms with Gasteiger partial charge in [0.15, 0.2) is 0 Å². The first-order valence-electron chi connectivity index (χ1n) is 8.60. The maximum Gasteiger partial charge on any atom is 0.410 e. The summed E-state index contributed by atoms with van der Waals surface area (Å²) in [5.41, 5.74) is -0.319. The molecule has 2 rings (SSSR count). The highest BCUT2D eigenvalue weighted by Crippen LogP contribution is 2.28. The lowest BCUT2D eigenvalue weighted by molar-refractivity contribution is -0.125. The molecule has 1 atom stereocenters. The molecule has 1 fully saturated rings. The molecule has 0 saturated carbocycles. The Morgan fingerprint density at radius 2 is 2.04 bits per heavy atom. The van der Waals surface area contributed by atoms with Crippen molar-refractivity contribution in [3.8, 4) is 0 Å². The molecule has 1 N–H and O–H groups in total. The predicted octanol–water partition coefficient (Wildman–Crippen LogP) is 3.96. The first kappa shape index (κ1) is 20.7. The molecule has 144 valence electrons. The molecular formula is C18H26ClFN2O3Si. The Morgan fingerprint density at radius 1 is 1.38 bits per heavy atom. The van der Waals surface area contributed by atoms with Gasteiger partial charge in [0.1, 0.15) is 17.5 Å². The van der Waals surface area contributed by atoms with Crippen LogP contribution in [-0.2, 0) is 16.1 Å². The fraction of sp³-hybridized carbons (Fsp3) is 0.556. The van der Waals surface area contributed by atoms with E-state index in [1.807, 2.05) is 0 Å². The average Bonchev–Trinajstić information content (AvgIpc) is 2.83. The number of ether oxygens (including phenoxy) is 1. The van der Waals surface area contributed by atoms with E-state index in [1.54, 1.807) is 32.9 Å². The van der Waals surface area contributed by atoms with Crippen molar-refractivity contribution in [3.63, 3.8) is 0 Å². The van der Waals surface area contributed by atoms with Crippen LogP contribution in [-0.4, -0.2) is 42.8 Å². The molecule has 8 heteroatoms. The van der Waals surface area contributed by atoms with E-state index in [9.17, 15) is 14.0 Å². The molecule has 0 spiro atoms. The van der Waals surface area contributed by atoms with Crippen molar-refractivity contribution in [3.05, 3.63) is 34.6 Å². The standard InChI is InChI=1S/C18H26ClFN2O3Si/c1-18(2,3)25-17(24)22-11-26(4,5)10-14(22)16(23)21-9-12-7-6-8-13(19)15(12)20/h6-8,14H,9-11H2,1-5H3,(H,21,23). The number of halogens is 2. The largest absolute Gasteiger partial charge is 0.444 e. The minimum Gasteiger partial charge on any atom is -0.444 e. The molecule has 1 heterocycles. The molecule has 1 aliphatic heterocycles. The highest BCUT2D eigenvalue weighted by molar-refractivity contribution is 6.79. The Labute approximate surface area is 159 Å². The van der Waals surface area contributed by atoms with Crippen LogP contribution in [0.1, 0.15) is 26.3 Å². The van der Waals surface area contributed by atoms with Crippen molar-refractivity contribution in [2.75, 3.05) is 6.17 Å². The summed E-state index contributed by atoms with van der Waals surface area (Å²) in [6, 6.07) is 4.72. The van der Waals surface area contributed by atoms with Gasteiger partial charge in [0.05, 0.1) is 13.1 Å². The summed E-state index contributed by atoms with van der Waals surface area (Å²) in [5.74, 6) is -0.840. The van der Waals surface area contributed by atoms with E-state index in [0.29, 0.717) is 17.8 Å². The molecule has 1 saturated heterocycles. The van der Waals surface area contributed by atoms with Gasteiger partial charge in [-0.05, 0) is 32.9 Å². The maximum absolute atomic E-state index is 14.0. The molecule has 2 amide bonds. The number of amides is 2. The molecule has 1 aromatic rings. The van der Waals surface area contributed by atoms with Gasteiger partial charge >= 0.3 is 6.09 Å². The Morgan fingerprint density at radius 3 is 2.65 bits per heavy atom. The van der Waals surface area contributed by atoms with Gasteiger partial charge in [0.25, 0.3) is 0 Å². The zero-order valence-corrected chi connectivity index (χ0v) is 17.6. The third-order valence-corrected chi connectivity index (χ3v) is 7.12. The molecule has 0 aliphatic carbocycles. The minimum atomic E-state index is -1.73. The monoisotopic (exact) mass is 400 g/mol. The van der Waals surface area contributed by atoms with Crippen molar-refractivity contribution in [2.24, 2.45) is 0 Å². The Bertz CT molecular complexity index is 706. The topological polar surface area (TPSA) is 58.6 Å². The summed E-state index contributed by atoms with van der Waals surface area (Å²) >= 11 is 5.77. The minimum absolute atomic E-state index is 0.0153. The van der Waals surface area contributed by atoms with Crippen LogP contribution in [0.25, 0.3) is 0 Å². The van der Waals surface area contributed by atoms with Gasteiger partial charge in [-0.2, -0.15) is 0 Å². The highest BCUT2D eigenvalue weighted by atomic mass is 35.5. The van der Waals surface area contributed by atoms with E-state index in [1.165, 1.54) is 11.0 Å². The summed E-state index contributed by atoms with van der Waals surface area (Å²) < 4.78 is 19.4. The summed E-state index contributed by atoms with van der Waals surface area (Å²) in [5, 5.41) is 2.74. The van der Waals surface area contributed by atoms with Gasteiger partial charge in [-0.3, -0.25) is 9.69 Å². The Hall–Kier alpha value is -1.60. The number of rotatable bonds is 3. The van der Waals surface area contributed by atoms with Gasteiger partial charge in [-0.25, -0.2) is 9.18 Å². The van der Waals surface area contributed by atoms with Crippen molar-refractivity contribution >= 4 is 31.7 Å². The highest BCUT2D eigenvalue weighted by Gasteiger charge is 2.46. The van der Waals surface area contributed by atoms with Gasteiger partial charge in [0.2, 0.25) is 5.91 Å². The first-order valence-corrected chi connectivity index (χ1v) is 12.4. The fourth-order valence-electron chi connectivity index (χ4n) is 3.00. The quantitative estimate of drug-likeness (QED) is 0.781. The normalized spacial score (nSPS) is 19.3. The van der Waals surface area contributed by atoms with Crippen LogP contribution in [0.5, 0.6) is 0 Å². The summed E-state index contributed by atoms with van der Waals surface area (Å²) in [6.45, 7) is 9.66. The van der Waals surface area contributed by atoms with Crippen molar-refractivity contribution in [2.45, 2.75) is 58.1 Å². The molecule has 0 radical (unpaired) electrons. The zero-order chi connectivity index (χ0) is 19.7. The number of carbonyl (C=O) groups excluding carboxylic acids is 2. The van der Waals surface area contributed by atoms with E-state index in [4.69, 9.17) is 16.3 Å². The second-order valence-electron chi connectivity index (χ2n) is 8.42. The molecule has 0 bridgehead atoms. The van der Waals surface area contributed by atoms with Crippen LogP contribution in [0, 0.1) is 5.82 Å². The van der Waals surface area contributed by atoms with E-state index in [2.05, 4.69) is 18.4 Å². The molecule has 1 unspecified atom stereocenters. The summed E-state index contributed by atoms with van der Waals surface area (Å²) in [4.78, 5) is 26.7. The lowest BCUT2D eigenvalue weighted by Gasteiger charge is -2.28. The molecular weight excluding hydrogens is 375 g/mol. The fourth-order valence-corrected chi connectivity index (χ4v) is 6.05. The van der Waals surface area contributed by atoms with Crippen LogP contribution >= 0.6 is 11.6 Å². The molecule has 0 aromatic heterocycles. The molecule has 26 heavy (non-hydrogen) atoms. The number of hydrogen-bond donors (Lipinski definition) is 1. The first-order chi connectivity index (χ1) is 11.9.